The summed E-state index contributed by atoms with van der Waals surface area (Å²) in [5, 5.41) is 0. The second-order valence-electron chi connectivity index (χ2n) is 3.37. The van der Waals surface area contributed by atoms with E-state index < -0.39 is 0 Å². The molecule has 1 unspecified atom stereocenters. The molecule has 0 N–H and O–H groups in total. The van der Waals surface area contributed by atoms with Gasteiger partial charge in [-0.05, 0) is 48.5 Å². The van der Waals surface area contributed by atoms with Gasteiger partial charge >= 0.3 is 0 Å². The molecule has 0 amide bonds. The molecule has 0 aliphatic rings. The van der Waals surface area contributed by atoms with Crippen molar-refractivity contribution in [3.05, 3.63) is 60.2 Å². The van der Waals surface area contributed by atoms with Gasteiger partial charge in [-0.15, -0.1) is 0 Å². The summed E-state index contributed by atoms with van der Waals surface area (Å²) in [7, 11) is 0.208. The van der Waals surface area contributed by atoms with Gasteiger partial charge in [0, 0.05) is 0 Å². The van der Waals surface area contributed by atoms with Crippen molar-refractivity contribution in [2.24, 2.45) is 4.52 Å². The highest BCUT2D eigenvalue weighted by molar-refractivity contribution is 7.39. The molecule has 0 saturated heterocycles. The summed E-state index contributed by atoms with van der Waals surface area (Å²) in [6.07, 6.45) is 0. The molecule has 98 valence electrons. The summed E-state index contributed by atoms with van der Waals surface area (Å²) in [5.41, 5.74) is 0. The maximum Gasteiger partial charge on any atom is 0.249 e. The van der Waals surface area contributed by atoms with Crippen LogP contribution >= 0.6 is 17.6 Å². The molecule has 0 saturated carbocycles. The molecule has 2 rings (SSSR count). The Morgan fingerprint density at radius 3 is 1.95 bits per heavy atom. The Morgan fingerprint density at radius 2 is 1.37 bits per heavy atom. The van der Waals surface area contributed by atoms with Crippen molar-refractivity contribution >= 4 is 17.6 Å². The fraction of sp³-hybridized carbons (Fsp3) is 0. The molecule has 0 heterocycles. The van der Waals surface area contributed by atoms with Crippen LogP contribution in [0.1, 0.15) is 0 Å². The minimum Gasteiger partial charge on any atom is -0.454 e. The monoisotopic (exact) mass is 299 g/mol. The van der Waals surface area contributed by atoms with Crippen molar-refractivity contribution in [1.82, 2.24) is 0 Å². The summed E-state index contributed by atoms with van der Waals surface area (Å²) in [5.74, 6) is 0.437. The lowest BCUT2D eigenvalue weighted by Crippen LogP contribution is -1.77. The highest BCUT2D eigenvalue weighted by atomic mass is 31.1. The Labute approximate surface area is 112 Å². The zero-order valence-electron chi connectivity index (χ0n) is 9.59. The fourth-order valence-electron chi connectivity index (χ4n) is 1.16. The fourth-order valence-corrected chi connectivity index (χ4v) is 2.07. The molecule has 0 bridgehead atoms. The lowest BCUT2D eigenvalue weighted by molar-refractivity contribution is 0.605. The third-order valence-electron chi connectivity index (χ3n) is 2.02. The van der Waals surface area contributed by atoms with E-state index in [-0.39, 0.29) is 20.6 Å². The molecular weight excluding hydrogens is 290 g/mol. The third-order valence-corrected chi connectivity index (χ3v) is 3.29. The molecule has 2 aromatic rings. The van der Waals surface area contributed by atoms with Crippen LogP contribution in [0.4, 0.5) is 8.78 Å². The quantitative estimate of drug-likeness (QED) is 0.729. The molecule has 0 aliphatic carbocycles. The number of nitrogens with zero attached hydrogens (tertiary/aromatic N) is 1. The Bertz CT molecular complexity index is 547. The third kappa shape index (κ3) is 4.90. The number of rotatable bonds is 5. The molecule has 19 heavy (non-hydrogen) atoms. The van der Waals surface area contributed by atoms with E-state index >= 15 is 0 Å². The molecular formula is C12H9F2NO2P2. The minimum atomic E-state index is -0.317. The standard InChI is InChI=1S/C12H9F2NO2P2/c13-9-1-5-11(6-2-9)16-18-15-19-17-12-7-3-10(14)4-8-12/h1-8,18H. The Morgan fingerprint density at radius 1 is 0.842 bits per heavy atom. The zero-order chi connectivity index (χ0) is 13.5. The molecule has 0 aromatic heterocycles. The maximum absolute atomic E-state index is 12.6. The number of halogens is 2. The van der Waals surface area contributed by atoms with Gasteiger partial charge in [0.25, 0.3) is 0 Å². The van der Waals surface area contributed by atoms with Gasteiger partial charge in [-0.1, -0.05) is 0 Å². The lowest BCUT2D eigenvalue weighted by Gasteiger charge is -2.00. The van der Waals surface area contributed by atoms with Crippen LogP contribution in [0, 0.1) is 11.6 Å². The SMILES string of the molecule is Fc1ccc(OP=NPOc2ccc(F)cc2)cc1. The molecule has 0 spiro atoms. The molecule has 7 heteroatoms. The van der Waals surface area contributed by atoms with Gasteiger partial charge in [-0.3, -0.25) is 0 Å². The zero-order valence-corrected chi connectivity index (χ0v) is 11.5. The van der Waals surface area contributed by atoms with Crippen LogP contribution in [0.25, 0.3) is 0 Å². The summed E-state index contributed by atoms with van der Waals surface area (Å²) in [4.78, 5) is 0. The predicted octanol–water partition coefficient (Wildman–Crippen LogP) is 4.98. The van der Waals surface area contributed by atoms with Crippen LogP contribution in [0.5, 0.6) is 11.5 Å². The Hall–Kier alpha value is -1.57. The smallest absolute Gasteiger partial charge is 0.249 e. The van der Waals surface area contributed by atoms with Crippen LogP contribution in [-0.4, -0.2) is 0 Å². The average molecular weight is 299 g/mol. The van der Waals surface area contributed by atoms with Gasteiger partial charge in [-0.25, -0.2) is 8.78 Å². The predicted molar refractivity (Wildman–Crippen MR) is 71.7 cm³/mol. The van der Waals surface area contributed by atoms with E-state index in [2.05, 4.69) is 4.52 Å². The molecule has 0 fully saturated rings. The summed E-state index contributed by atoms with van der Waals surface area (Å²) in [6.45, 7) is 0. The van der Waals surface area contributed by atoms with Gasteiger partial charge in [0.2, 0.25) is 17.6 Å². The highest BCUT2D eigenvalue weighted by Gasteiger charge is 1.94. The van der Waals surface area contributed by atoms with Crippen molar-refractivity contribution in [3.63, 3.8) is 0 Å². The topological polar surface area (TPSA) is 30.8 Å². The van der Waals surface area contributed by atoms with E-state index in [1.165, 1.54) is 48.5 Å². The first kappa shape index (κ1) is 13.9. The first-order chi connectivity index (χ1) is 9.24. The number of hydrogen-bond donors (Lipinski definition) is 0. The molecule has 1 atom stereocenters. The van der Waals surface area contributed by atoms with E-state index in [9.17, 15) is 8.78 Å². The van der Waals surface area contributed by atoms with Crippen molar-refractivity contribution in [3.8, 4) is 11.5 Å². The highest BCUT2D eigenvalue weighted by Crippen LogP contribution is 2.26. The number of benzene rings is 2. The van der Waals surface area contributed by atoms with E-state index in [1.54, 1.807) is 0 Å². The van der Waals surface area contributed by atoms with Crippen LogP contribution in [0.3, 0.4) is 0 Å². The minimum absolute atomic E-state index is 0.153. The number of hydrogen-bond acceptors (Lipinski definition) is 3. The summed E-state index contributed by atoms with van der Waals surface area (Å²) in [6, 6.07) is 11.3. The summed E-state index contributed by atoms with van der Waals surface area (Å²) < 4.78 is 39.7. The van der Waals surface area contributed by atoms with Gasteiger partial charge in [0.15, 0.2) is 0 Å². The van der Waals surface area contributed by atoms with E-state index in [0.717, 1.165) is 0 Å². The van der Waals surface area contributed by atoms with E-state index in [4.69, 9.17) is 9.05 Å². The van der Waals surface area contributed by atoms with Gasteiger partial charge in [-0.2, -0.15) is 4.52 Å². The Balaban J connectivity index is 1.75. The second kappa shape index (κ2) is 7.13. The van der Waals surface area contributed by atoms with Crippen molar-refractivity contribution in [1.29, 1.82) is 0 Å². The van der Waals surface area contributed by atoms with E-state index in [1.807, 2.05) is 0 Å². The largest absolute Gasteiger partial charge is 0.454 e. The van der Waals surface area contributed by atoms with Crippen molar-refractivity contribution < 1.29 is 17.8 Å². The Kier molecular flexibility index (Phi) is 5.20. The van der Waals surface area contributed by atoms with Crippen LogP contribution in [0.2, 0.25) is 0 Å². The van der Waals surface area contributed by atoms with Crippen LogP contribution in [-0.2, 0) is 0 Å². The van der Waals surface area contributed by atoms with Crippen LogP contribution < -0.4 is 9.05 Å². The average Bonchev–Trinajstić information content (AvgIpc) is 2.43. The first-order valence-electron chi connectivity index (χ1n) is 5.24. The van der Waals surface area contributed by atoms with E-state index in [0.29, 0.717) is 20.1 Å². The molecule has 0 aliphatic heterocycles. The second-order valence-corrected chi connectivity index (χ2v) is 4.91. The van der Waals surface area contributed by atoms with Gasteiger partial charge in [0.05, 0.1) is 0 Å². The van der Waals surface area contributed by atoms with Gasteiger partial charge < -0.3 is 9.05 Å². The van der Waals surface area contributed by atoms with Crippen molar-refractivity contribution in [2.75, 3.05) is 0 Å². The maximum atomic E-state index is 12.6. The summed E-state index contributed by atoms with van der Waals surface area (Å²) >= 11 is 0. The van der Waals surface area contributed by atoms with Gasteiger partial charge in [0.1, 0.15) is 23.1 Å². The lowest BCUT2D eigenvalue weighted by atomic mass is 10.3. The molecule has 0 radical (unpaired) electrons. The van der Waals surface area contributed by atoms with Crippen molar-refractivity contribution in [2.45, 2.75) is 0 Å². The first-order valence-corrected chi connectivity index (χ1v) is 6.86. The normalized spacial score (nSPS) is 11.3. The van der Waals surface area contributed by atoms with Crippen LogP contribution in [0.15, 0.2) is 53.0 Å². The molecule has 2 aromatic carbocycles. The molecule has 3 nitrogen and oxygen atoms in total.